The summed E-state index contributed by atoms with van der Waals surface area (Å²) in [6.07, 6.45) is 5.45. The van der Waals surface area contributed by atoms with E-state index in [1.165, 1.54) is 6.42 Å². The standard InChI is InChI=1S/C16H19NO2/c1-12(18)17-11-15(19)13-7-3-4-8-14(13)16(17)9-5-2-6-10-16/h3-4,7-8H,2,5-6,9-11H2,1H3. The number of hydrogen-bond donors (Lipinski definition) is 0. The molecule has 0 radical (unpaired) electrons. The van der Waals surface area contributed by atoms with Crippen molar-refractivity contribution in [3.63, 3.8) is 0 Å². The van der Waals surface area contributed by atoms with Crippen LogP contribution in [0.4, 0.5) is 0 Å². The highest BCUT2D eigenvalue weighted by molar-refractivity contribution is 6.02. The van der Waals surface area contributed by atoms with Crippen LogP contribution in [0.25, 0.3) is 0 Å². The minimum atomic E-state index is -0.228. The van der Waals surface area contributed by atoms with Crippen molar-refractivity contribution in [3.8, 4) is 0 Å². The molecule has 1 saturated carbocycles. The van der Waals surface area contributed by atoms with Crippen LogP contribution in [-0.2, 0) is 10.3 Å². The van der Waals surface area contributed by atoms with Gasteiger partial charge in [-0.3, -0.25) is 9.59 Å². The van der Waals surface area contributed by atoms with E-state index in [-0.39, 0.29) is 23.8 Å². The SMILES string of the molecule is CC(=O)N1CC(=O)c2ccccc2C12CCCCC2. The minimum absolute atomic E-state index is 0.0183. The lowest BCUT2D eigenvalue weighted by atomic mass is 9.71. The van der Waals surface area contributed by atoms with Crippen LogP contribution in [0.15, 0.2) is 24.3 Å². The first-order valence-corrected chi connectivity index (χ1v) is 7.06. The third-order valence-corrected chi connectivity index (χ3v) is 4.61. The predicted molar refractivity (Wildman–Crippen MR) is 72.9 cm³/mol. The van der Waals surface area contributed by atoms with Crippen molar-refractivity contribution in [1.82, 2.24) is 4.90 Å². The summed E-state index contributed by atoms with van der Waals surface area (Å²) in [5, 5.41) is 0. The van der Waals surface area contributed by atoms with Crippen molar-refractivity contribution in [2.24, 2.45) is 0 Å². The molecule has 1 amide bonds. The third-order valence-electron chi connectivity index (χ3n) is 4.61. The molecule has 1 aliphatic heterocycles. The predicted octanol–water partition coefficient (Wildman–Crippen LogP) is 2.89. The number of Topliss-reactive ketones (excluding diaryl/α,β-unsaturated/α-hetero) is 1. The highest BCUT2D eigenvalue weighted by Crippen LogP contribution is 2.46. The quantitative estimate of drug-likeness (QED) is 0.716. The largest absolute Gasteiger partial charge is 0.325 e. The van der Waals surface area contributed by atoms with Gasteiger partial charge in [0.15, 0.2) is 5.78 Å². The molecule has 0 aromatic heterocycles. The average Bonchev–Trinajstić information content (AvgIpc) is 2.44. The first-order chi connectivity index (χ1) is 9.15. The maximum absolute atomic E-state index is 12.2. The van der Waals surface area contributed by atoms with E-state index in [0.29, 0.717) is 0 Å². The molecular formula is C16H19NO2. The van der Waals surface area contributed by atoms with E-state index in [4.69, 9.17) is 0 Å². The summed E-state index contributed by atoms with van der Waals surface area (Å²) in [6, 6.07) is 7.84. The number of benzene rings is 1. The topological polar surface area (TPSA) is 37.4 Å². The lowest BCUT2D eigenvalue weighted by Gasteiger charge is -2.49. The van der Waals surface area contributed by atoms with Crippen LogP contribution < -0.4 is 0 Å². The zero-order valence-electron chi connectivity index (χ0n) is 11.3. The van der Waals surface area contributed by atoms with E-state index in [1.807, 2.05) is 29.2 Å². The number of amides is 1. The van der Waals surface area contributed by atoms with Gasteiger partial charge in [-0.15, -0.1) is 0 Å². The number of rotatable bonds is 0. The number of carbonyl (C=O) groups is 2. The molecule has 3 rings (SSSR count). The molecule has 1 aromatic carbocycles. The van der Waals surface area contributed by atoms with Gasteiger partial charge in [0.2, 0.25) is 5.91 Å². The lowest BCUT2D eigenvalue weighted by molar-refractivity contribution is -0.137. The molecule has 0 unspecified atom stereocenters. The van der Waals surface area contributed by atoms with Crippen molar-refractivity contribution >= 4 is 11.7 Å². The van der Waals surface area contributed by atoms with Crippen LogP contribution in [0, 0.1) is 0 Å². The molecule has 0 atom stereocenters. The second kappa shape index (κ2) is 4.48. The zero-order valence-corrected chi connectivity index (χ0v) is 11.3. The van der Waals surface area contributed by atoms with E-state index in [2.05, 4.69) is 0 Å². The molecule has 1 aliphatic carbocycles. The van der Waals surface area contributed by atoms with Gasteiger partial charge in [0.05, 0.1) is 12.1 Å². The summed E-state index contributed by atoms with van der Waals surface area (Å²) in [4.78, 5) is 26.1. The second-order valence-electron chi connectivity index (χ2n) is 5.67. The fraction of sp³-hybridized carbons (Fsp3) is 0.500. The van der Waals surface area contributed by atoms with Gasteiger partial charge >= 0.3 is 0 Å². The number of ketones is 1. The first kappa shape index (κ1) is 12.4. The van der Waals surface area contributed by atoms with Crippen molar-refractivity contribution < 1.29 is 9.59 Å². The summed E-state index contributed by atoms with van der Waals surface area (Å²) in [7, 11) is 0. The van der Waals surface area contributed by atoms with Crippen molar-refractivity contribution in [1.29, 1.82) is 0 Å². The Bertz CT molecular complexity index is 529. The van der Waals surface area contributed by atoms with Gasteiger partial charge in [-0.05, 0) is 18.4 Å². The molecular weight excluding hydrogens is 238 g/mol. The molecule has 1 spiro atoms. The molecule has 0 saturated heterocycles. The smallest absolute Gasteiger partial charge is 0.220 e. The Balaban J connectivity index is 2.17. The Morgan fingerprint density at radius 2 is 1.84 bits per heavy atom. The molecule has 3 heteroatoms. The normalized spacial score (nSPS) is 21.3. The minimum Gasteiger partial charge on any atom is -0.325 e. The Hall–Kier alpha value is -1.64. The van der Waals surface area contributed by atoms with Gasteiger partial charge in [-0.1, -0.05) is 43.5 Å². The van der Waals surface area contributed by atoms with Crippen LogP contribution in [0.3, 0.4) is 0 Å². The molecule has 1 fully saturated rings. The highest BCUT2D eigenvalue weighted by Gasteiger charge is 2.46. The zero-order chi connectivity index (χ0) is 13.5. The Labute approximate surface area is 113 Å². The summed E-state index contributed by atoms with van der Waals surface area (Å²) in [6.45, 7) is 1.82. The maximum atomic E-state index is 12.2. The number of nitrogens with zero attached hydrogens (tertiary/aromatic N) is 1. The van der Waals surface area contributed by atoms with Gasteiger partial charge in [0.25, 0.3) is 0 Å². The first-order valence-electron chi connectivity index (χ1n) is 7.06. The van der Waals surface area contributed by atoms with E-state index in [0.717, 1.165) is 36.8 Å². The van der Waals surface area contributed by atoms with Gasteiger partial charge in [0, 0.05) is 12.5 Å². The lowest BCUT2D eigenvalue weighted by Crippen LogP contribution is -2.55. The summed E-state index contributed by atoms with van der Waals surface area (Å²) >= 11 is 0. The van der Waals surface area contributed by atoms with Crippen molar-refractivity contribution in [2.45, 2.75) is 44.6 Å². The van der Waals surface area contributed by atoms with Crippen molar-refractivity contribution in [3.05, 3.63) is 35.4 Å². The molecule has 19 heavy (non-hydrogen) atoms. The number of carbonyl (C=O) groups excluding carboxylic acids is 2. The van der Waals surface area contributed by atoms with Gasteiger partial charge in [-0.2, -0.15) is 0 Å². The van der Waals surface area contributed by atoms with E-state index >= 15 is 0 Å². The van der Waals surface area contributed by atoms with Gasteiger partial charge < -0.3 is 4.90 Å². The molecule has 0 bridgehead atoms. The molecule has 3 nitrogen and oxygen atoms in total. The van der Waals surface area contributed by atoms with Gasteiger partial charge in [-0.25, -0.2) is 0 Å². The highest BCUT2D eigenvalue weighted by atomic mass is 16.2. The monoisotopic (exact) mass is 257 g/mol. The van der Waals surface area contributed by atoms with Gasteiger partial charge in [0.1, 0.15) is 0 Å². The van der Waals surface area contributed by atoms with E-state index in [1.54, 1.807) is 6.92 Å². The molecule has 0 N–H and O–H groups in total. The average molecular weight is 257 g/mol. The summed E-state index contributed by atoms with van der Waals surface area (Å²) < 4.78 is 0. The Morgan fingerprint density at radius 1 is 1.16 bits per heavy atom. The fourth-order valence-corrected chi connectivity index (χ4v) is 3.75. The fourth-order valence-electron chi connectivity index (χ4n) is 3.75. The van der Waals surface area contributed by atoms with Crippen LogP contribution in [0.5, 0.6) is 0 Å². The van der Waals surface area contributed by atoms with Crippen molar-refractivity contribution in [2.75, 3.05) is 6.54 Å². The summed E-state index contributed by atoms with van der Waals surface area (Å²) in [5.41, 5.74) is 1.66. The molecule has 100 valence electrons. The van der Waals surface area contributed by atoms with Crippen LogP contribution in [-0.4, -0.2) is 23.1 Å². The summed E-state index contributed by atoms with van der Waals surface area (Å²) in [5.74, 6) is 0.0896. The second-order valence-corrected chi connectivity index (χ2v) is 5.67. The van der Waals surface area contributed by atoms with E-state index < -0.39 is 0 Å². The van der Waals surface area contributed by atoms with Crippen LogP contribution in [0.2, 0.25) is 0 Å². The van der Waals surface area contributed by atoms with Crippen LogP contribution >= 0.6 is 0 Å². The van der Waals surface area contributed by atoms with E-state index in [9.17, 15) is 9.59 Å². The number of fused-ring (bicyclic) bond motifs is 2. The third kappa shape index (κ3) is 1.79. The number of hydrogen-bond acceptors (Lipinski definition) is 2. The molecule has 2 aliphatic rings. The Morgan fingerprint density at radius 3 is 2.53 bits per heavy atom. The molecule has 1 aromatic rings. The maximum Gasteiger partial charge on any atom is 0.220 e. The Kier molecular flexibility index (Phi) is 2.92. The van der Waals surface area contributed by atoms with Crippen LogP contribution in [0.1, 0.15) is 54.9 Å². The molecule has 1 heterocycles.